The molecule has 27 heavy (non-hydrogen) atoms. The molecule has 1 N–H and O–H groups in total. The van der Waals surface area contributed by atoms with Gasteiger partial charge in [0, 0.05) is 31.2 Å². The van der Waals surface area contributed by atoms with Crippen LogP contribution < -0.4 is 5.32 Å². The van der Waals surface area contributed by atoms with Gasteiger partial charge in [0.15, 0.2) is 8.32 Å². The molecule has 0 radical (unpaired) electrons. The van der Waals surface area contributed by atoms with Gasteiger partial charge in [0.05, 0.1) is 17.4 Å². The van der Waals surface area contributed by atoms with Gasteiger partial charge in [0.25, 0.3) is 0 Å². The van der Waals surface area contributed by atoms with Gasteiger partial charge >= 0.3 is 0 Å². The Hall–Kier alpha value is -0.953. The van der Waals surface area contributed by atoms with Crippen molar-refractivity contribution >= 4 is 25.4 Å². The summed E-state index contributed by atoms with van der Waals surface area (Å²) in [7, 11) is -1.72. The number of nitrogens with one attached hydrogen (secondary N) is 1. The molecule has 0 amide bonds. The van der Waals surface area contributed by atoms with Crippen molar-refractivity contribution in [3.63, 3.8) is 0 Å². The minimum atomic E-state index is -1.72. The minimum absolute atomic E-state index is 0.234. The number of aromatic nitrogens is 3. The molecule has 150 valence electrons. The highest BCUT2D eigenvalue weighted by atomic mass is 35.5. The van der Waals surface area contributed by atoms with E-state index in [1.165, 1.54) is 0 Å². The third kappa shape index (κ3) is 4.39. The van der Waals surface area contributed by atoms with Gasteiger partial charge in [0.2, 0.25) is 0 Å². The molecule has 0 spiro atoms. The van der Waals surface area contributed by atoms with Gasteiger partial charge in [-0.15, -0.1) is 0 Å². The van der Waals surface area contributed by atoms with Gasteiger partial charge in [-0.3, -0.25) is 4.40 Å². The first-order chi connectivity index (χ1) is 12.6. The molecule has 0 aliphatic carbocycles. The van der Waals surface area contributed by atoms with Gasteiger partial charge in [-0.05, 0) is 37.5 Å². The molecular weight excluding hydrogens is 376 g/mol. The van der Waals surface area contributed by atoms with Crippen molar-refractivity contribution in [2.24, 2.45) is 0 Å². The lowest BCUT2D eigenvalue weighted by molar-refractivity contribution is 0.272. The highest BCUT2D eigenvalue weighted by Crippen LogP contribution is 2.37. The molecule has 0 saturated carbocycles. The number of imidazole rings is 1. The number of fused-ring (bicyclic) bond motifs is 1. The molecular formula is C20H33ClN4OSi. The molecule has 1 aliphatic heterocycles. The Morgan fingerprint density at radius 2 is 2.15 bits per heavy atom. The van der Waals surface area contributed by atoms with Gasteiger partial charge in [-0.25, -0.2) is 9.97 Å². The van der Waals surface area contributed by atoms with Crippen LogP contribution >= 0.6 is 11.6 Å². The van der Waals surface area contributed by atoms with Crippen molar-refractivity contribution in [2.75, 3.05) is 19.7 Å². The second kappa shape index (κ2) is 7.82. The summed E-state index contributed by atoms with van der Waals surface area (Å²) in [6.45, 7) is 16.5. The van der Waals surface area contributed by atoms with E-state index < -0.39 is 8.32 Å². The lowest BCUT2D eigenvalue weighted by atomic mass is 10.0. The maximum Gasteiger partial charge on any atom is 0.191 e. The fourth-order valence-electron chi connectivity index (χ4n) is 3.38. The van der Waals surface area contributed by atoms with E-state index in [-0.39, 0.29) is 5.04 Å². The molecule has 5 nitrogen and oxygen atoms in total. The van der Waals surface area contributed by atoms with Crippen LogP contribution in [0.4, 0.5) is 0 Å². The smallest absolute Gasteiger partial charge is 0.191 e. The van der Waals surface area contributed by atoms with Crippen LogP contribution in [0.1, 0.15) is 63.9 Å². The number of rotatable bonds is 6. The second-order valence-electron chi connectivity index (χ2n) is 9.31. The second-order valence-corrected chi connectivity index (χ2v) is 14.5. The van der Waals surface area contributed by atoms with Crippen molar-refractivity contribution in [2.45, 2.75) is 70.5 Å². The van der Waals surface area contributed by atoms with Gasteiger partial charge in [-0.1, -0.05) is 39.3 Å². The van der Waals surface area contributed by atoms with Crippen molar-refractivity contribution in [3.8, 4) is 0 Å². The summed E-state index contributed by atoms with van der Waals surface area (Å²) in [6.07, 6.45) is 5.84. The van der Waals surface area contributed by atoms with E-state index in [9.17, 15) is 0 Å². The maximum atomic E-state index is 6.38. The summed E-state index contributed by atoms with van der Waals surface area (Å²) in [5, 5.41) is 4.18. The molecule has 2 aromatic rings. The van der Waals surface area contributed by atoms with Crippen LogP contribution in [0.25, 0.3) is 5.52 Å². The number of nitrogens with zero attached hydrogens (tertiary/aromatic N) is 3. The first-order valence-electron chi connectivity index (χ1n) is 9.98. The monoisotopic (exact) mass is 408 g/mol. The molecule has 1 fully saturated rings. The SMILES string of the molecule is C[C@@H](CCO[Si](C)(C)C(C)(C)C)c1nc(C2CCNC2)c2cnc(Cl)cn12. The molecule has 7 heteroatoms. The zero-order valence-electron chi connectivity index (χ0n) is 17.5. The summed E-state index contributed by atoms with van der Waals surface area (Å²) in [4.78, 5) is 9.35. The van der Waals surface area contributed by atoms with Crippen molar-refractivity contribution in [1.29, 1.82) is 0 Å². The lowest BCUT2D eigenvalue weighted by Gasteiger charge is -2.36. The zero-order valence-corrected chi connectivity index (χ0v) is 19.2. The summed E-state index contributed by atoms with van der Waals surface area (Å²) < 4.78 is 8.52. The fraction of sp³-hybridized carbons (Fsp3) is 0.700. The first kappa shape index (κ1) is 20.8. The molecule has 0 bridgehead atoms. The zero-order chi connectivity index (χ0) is 19.8. The standard InChI is InChI=1S/C20H33ClN4OSi/c1-14(8-10-26-27(5,6)20(2,3)4)19-24-18(15-7-9-22-11-15)16-12-23-17(21)13-25(16)19/h12-15,22H,7-11H2,1-6H3/t14-,15?/m0/s1. The van der Waals surface area contributed by atoms with Gasteiger partial charge in [0.1, 0.15) is 11.0 Å². The van der Waals surface area contributed by atoms with E-state index in [1.54, 1.807) is 0 Å². The number of hydrogen-bond donors (Lipinski definition) is 1. The number of hydrogen-bond acceptors (Lipinski definition) is 4. The van der Waals surface area contributed by atoms with Crippen molar-refractivity contribution in [3.05, 3.63) is 29.1 Å². The van der Waals surface area contributed by atoms with Crippen LogP contribution in [-0.2, 0) is 4.43 Å². The molecule has 1 unspecified atom stereocenters. The Morgan fingerprint density at radius 3 is 2.78 bits per heavy atom. The number of halogens is 1. The normalized spacial score (nSPS) is 19.7. The van der Waals surface area contributed by atoms with Crippen LogP contribution in [0.5, 0.6) is 0 Å². The minimum Gasteiger partial charge on any atom is -0.417 e. The van der Waals surface area contributed by atoms with Crippen LogP contribution in [0.3, 0.4) is 0 Å². The first-order valence-corrected chi connectivity index (χ1v) is 13.3. The average Bonchev–Trinajstić information content (AvgIpc) is 3.20. The predicted molar refractivity (Wildman–Crippen MR) is 114 cm³/mol. The third-order valence-corrected chi connectivity index (χ3v) is 11.0. The molecule has 3 heterocycles. The van der Waals surface area contributed by atoms with Crippen LogP contribution in [-0.4, -0.2) is 42.4 Å². The molecule has 0 aromatic carbocycles. The average molecular weight is 409 g/mol. The Morgan fingerprint density at radius 1 is 1.41 bits per heavy atom. The van der Waals surface area contributed by atoms with Crippen LogP contribution in [0.2, 0.25) is 23.3 Å². The molecule has 1 saturated heterocycles. The Kier molecular flexibility index (Phi) is 6.01. The van der Waals surface area contributed by atoms with E-state index in [4.69, 9.17) is 21.0 Å². The lowest BCUT2D eigenvalue weighted by Crippen LogP contribution is -2.41. The predicted octanol–water partition coefficient (Wildman–Crippen LogP) is 4.98. The van der Waals surface area contributed by atoms with Crippen molar-refractivity contribution in [1.82, 2.24) is 19.7 Å². The van der Waals surface area contributed by atoms with E-state index in [1.807, 2.05) is 12.4 Å². The maximum absolute atomic E-state index is 6.38. The Balaban J connectivity index is 1.80. The highest BCUT2D eigenvalue weighted by molar-refractivity contribution is 6.74. The largest absolute Gasteiger partial charge is 0.417 e. The fourth-order valence-corrected chi connectivity index (χ4v) is 4.59. The Labute approximate surface area is 169 Å². The highest BCUT2D eigenvalue weighted by Gasteiger charge is 2.37. The third-order valence-electron chi connectivity index (χ3n) is 6.26. The molecule has 2 atom stereocenters. The molecule has 2 aromatic heterocycles. The Bertz CT molecular complexity index is 793. The van der Waals surface area contributed by atoms with Gasteiger partial charge in [-0.2, -0.15) is 0 Å². The summed E-state index contributed by atoms with van der Waals surface area (Å²) in [5.74, 6) is 1.81. The van der Waals surface area contributed by atoms with Crippen LogP contribution in [0.15, 0.2) is 12.4 Å². The molecule has 3 rings (SSSR count). The topological polar surface area (TPSA) is 51.5 Å². The molecule has 1 aliphatic rings. The quantitative estimate of drug-likeness (QED) is 0.685. The van der Waals surface area contributed by atoms with Gasteiger partial charge < -0.3 is 9.74 Å². The van der Waals surface area contributed by atoms with E-state index >= 15 is 0 Å². The van der Waals surface area contributed by atoms with Crippen LogP contribution in [0, 0.1) is 0 Å². The summed E-state index contributed by atoms with van der Waals surface area (Å²) >= 11 is 6.19. The van der Waals surface area contributed by atoms with E-state index in [0.717, 1.165) is 49.6 Å². The summed E-state index contributed by atoms with van der Waals surface area (Å²) in [6, 6.07) is 0. The van der Waals surface area contributed by atoms with E-state index in [0.29, 0.717) is 17.0 Å². The van der Waals surface area contributed by atoms with Crippen molar-refractivity contribution < 1.29 is 4.43 Å². The summed E-state index contributed by atoms with van der Waals surface area (Å²) in [5.41, 5.74) is 2.23. The van der Waals surface area contributed by atoms with E-state index in [2.05, 4.69) is 55.5 Å².